The Kier molecular flexibility index (Phi) is 3.03. The van der Waals surface area contributed by atoms with Gasteiger partial charge in [-0.15, -0.1) is 0 Å². The van der Waals surface area contributed by atoms with Gasteiger partial charge < -0.3 is 10.2 Å². The van der Waals surface area contributed by atoms with E-state index in [-0.39, 0.29) is 18.0 Å². The highest BCUT2D eigenvalue weighted by Gasteiger charge is 2.56. The van der Waals surface area contributed by atoms with Crippen LogP contribution >= 0.6 is 0 Å². The number of aliphatic hydroxyl groups excluding tert-OH is 1. The lowest BCUT2D eigenvalue weighted by atomic mass is 9.61. The highest BCUT2D eigenvalue weighted by Crippen LogP contribution is 2.56. The smallest absolute Gasteiger partial charge is 0.187 e. The van der Waals surface area contributed by atoms with Crippen molar-refractivity contribution in [3.8, 4) is 0 Å². The van der Waals surface area contributed by atoms with Gasteiger partial charge in [0.25, 0.3) is 0 Å². The third-order valence-electron chi connectivity index (χ3n) is 5.33. The lowest BCUT2D eigenvalue weighted by Gasteiger charge is -2.44. The molecule has 106 valence electrons. The van der Waals surface area contributed by atoms with Crippen LogP contribution in [0.25, 0.3) is 0 Å². The molecule has 0 aromatic rings. The molecule has 2 aliphatic rings. The minimum absolute atomic E-state index is 0.00245. The predicted molar refractivity (Wildman–Crippen MR) is 70.5 cm³/mol. The largest absolute Gasteiger partial charge is 0.389 e. The fourth-order valence-electron chi connectivity index (χ4n) is 3.31. The number of carbonyl (C=O) groups excluding carboxylic acids is 2. The molecule has 0 saturated heterocycles. The molecule has 1 fully saturated rings. The average molecular weight is 266 g/mol. The van der Waals surface area contributed by atoms with Gasteiger partial charge in [-0.2, -0.15) is 0 Å². The van der Waals surface area contributed by atoms with Gasteiger partial charge in [-0.1, -0.05) is 20.8 Å². The van der Waals surface area contributed by atoms with Crippen LogP contribution < -0.4 is 0 Å². The Hall–Kier alpha value is -1.00. The van der Waals surface area contributed by atoms with E-state index in [1.165, 1.54) is 13.0 Å². The first-order chi connectivity index (χ1) is 8.52. The van der Waals surface area contributed by atoms with Gasteiger partial charge in [-0.25, -0.2) is 0 Å². The lowest BCUT2D eigenvalue weighted by Crippen LogP contribution is -2.48. The number of Topliss-reactive ketones (excluding diaryl/α,β-unsaturated/α-hetero) is 1. The van der Waals surface area contributed by atoms with E-state index in [2.05, 4.69) is 0 Å². The van der Waals surface area contributed by atoms with E-state index < -0.39 is 22.5 Å². The number of ketones is 2. The van der Waals surface area contributed by atoms with Crippen LogP contribution in [0.2, 0.25) is 0 Å². The van der Waals surface area contributed by atoms with E-state index in [0.717, 1.165) is 0 Å². The van der Waals surface area contributed by atoms with Crippen molar-refractivity contribution in [2.45, 2.75) is 58.7 Å². The standard InChI is InChI=1S/C15H22O4/c1-13(2)11(17)5-6-14(13,3)9-7-12(18)15(4,19)8-10(9)16/h7,10,16,19H,5-6,8H2,1-4H3/t10-,14+,15-/m0/s1. The first-order valence-electron chi connectivity index (χ1n) is 6.72. The third kappa shape index (κ3) is 1.89. The van der Waals surface area contributed by atoms with Crippen molar-refractivity contribution in [3.63, 3.8) is 0 Å². The molecule has 19 heavy (non-hydrogen) atoms. The molecular formula is C15H22O4. The van der Waals surface area contributed by atoms with Crippen molar-refractivity contribution in [2.24, 2.45) is 10.8 Å². The molecule has 2 aliphatic carbocycles. The Morgan fingerprint density at radius 3 is 2.26 bits per heavy atom. The lowest BCUT2D eigenvalue weighted by molar-refractivity contribution is -0.136. The monoisotopic (exact) mass is 266 g/mol. The minimum Gasteiger partial charge on any atom is -0.389 e. The molecule has 3 atom stereocenters. The number of hydrogen-bond donors (Lipinski definition) is 2. The first-order valence-corrected chi connectivity index (χ1v) is 6.72. The molecule has 0 heterocycles. The normalized spacial score (nSPS) is 42.4. The number of rotatable bonds is 1. The Morgan fingerprint density at radius 2 is 1.79 bits per heavy atom. The Balaban J connectivity index is 2.48. The van der Waals surface area contributed by atoms with E-state index in [0.29, 0.717) is 18.4 Å². The van der Waals surface area contributed by atoms with Crippen molar-refractivity contribution in [1.82, 2.24) is 0 Å². The molecule has 0 bridgehead atoms. The summed E-state index contributed by atoms with van der Waals surface area (Å²) in [6.45, 7) is 7.08. The summed E-state index contributed by atoms with van der Waals surface area (Å²) in [7, 11) is 0. The summed E-state index contributed by atoms with van der Waals surface area (Å²) >= 11 is 0. The van der Waals surface area contributed by atoms with Gasteiger partial charge >= 0.3 is 0 Å². The van der Waals surface area contributed by atoms with E-state index in [1.54, 1.807) is 0 Å². The Bertz CT molecular complexity index is 473. The van der Waals surface area contributed by atoms with Gasteiger partial charge in [-0.05, 0) is 25.0 Å². The molecule has 2 N–H and O–H groups in total. The topological polar surface area (TPSA) is 74.6 Å². The molecule has 0 amide bonds. The maximum absolute atomic E-state index is 12.0. The zero-order valence-electron chi connectivity index (χ0n) is 12.0. The molecule has 0 aliphatic heterocycles. The summed E-state index contributed by atoms with van der Waals surface area (Å²) in [5.41, 5.74) is -2.02. The van der Waals surface area contributed by atoms with Gasteiger partial charge in [0.05, 0.1) is 6.10 Å². The summed E-state index contributed by atoms with van der Waals surface area (Å²) in [5.74, 6) is -0.225. The van der Waals surface area contributed by atoms with Crippen LogP contribution in [0, 0.1) is 10.8 Å². The van der Waals surface area contributed by atoms with E-state index in [4.69, 9.17) is 0 Å². The van der Waals surface area contributed by atoms with Crippen LogP contribution in [0.3, 0.4) is 0 Å². The second-order valence-corrected chi connectivity index (χ2v) is 6.84. The molecule has 0 radical (unpaired) electrons. The predicted octanol–water partition coefficient (Wildman–Crippen LogP) is 1.39. The summed E-state index contributed by atoms with van der Waals surface area (Å²) in [5, 5.41) is 20.2. The van der Waals surface area contributed by atoms with Crippen LogP contribution in [-0.2, 0) is 9.59 Å². The molecule has 0 aromatic heterocycles. The Morgan fingerprint density at radius 1 is 1.21 bits per heavy atom. The molecular weight excluding hydrogens is 244 g/mol. The second kappa shape index (κ2) is 4.00. The van der Waals surface area contributed by atoms with Gasteiger partial charge in [0.15, 0.2) is 5.78 Å². The molecule has 0 aromatic carbocycles. The van der Waals surface area contributed by atoms with Gasteiger partial charge in [-0.3, -0.25) is 9.59 Å². The van der Waals surface area contributed by atoms with Crippen LogP contribution in [0.15, 0.2) is 11.6 Å². The zero-order valence-corrected chi connectivity index (χ0v) is 12.0. The highest BCUT2D eigenvalue weighted by atomic mass is 16.3. The van der Waals surface area contributed by atoms with Crippen LogP contribution in [0.1, 0.15) is 47.0 Å². The number of hydrogen-bond acceptors (Lipinski definition) is 4. The van der Waals surface area contributed by atoms with Gasteiger partial charge in [0.2, 0.25) is 0 Å². The van der Waals surface area contributed by atoms with E-state index in [9.17, 15) is 19.8 Å². The summed E-state index contributed by atoms with van der Waals surface area (Å²) < 4.78 is 0. The fourth-order valence-corrected chi connectivity index (χ4v) is 3.31. The summed E-state index contributed by atoms with van der Waals surface area (Å²) in [4.78, 5) is 24.0. The third-order valence-corrected chi connectivity index (χ3v) is 5.33. The van der Waals surface area contributed by atoms with Gasteiger partial charge in [0, 0.05) is 23.7 Å². The maximum Gasteiger partial charge on any atom is 0.187 e. The molecule has 4 heteroatoms. The van der Waals surface area contributed by atoms with Gasteiger partial charge in [0.1, 0.15) is 11.4 Å². The first kappa shape index (κ1) is 14.4. The number of carbonyl (C=O) groups is 2. The van der Waals surface area contributed by atoms with Crippen molar-refractivity contribution in [1.29, 1.82) is 0 Å². The molecule has 0 unspecified atom stereocenters. The van der Waals surface area contributed by atoms with Crippen molar-refractivity contribution < 1.29 is 19.8 Å². The quantitative estimate of drug-likeness (QED) is 0.752. The van der Waals surface area contributed by atoms with Crippen LogP contribution in [0.4, 0.5) is 0 Å². The summed E-state index contributed by atoms with van der Waals surface area (Å²) in [6.07, 6.45) is 1.59. The Labute approximate surface area is 113 Å². The second-order valence-electron chi connectivity index (χ2n) is 6.84. The summed E-state index contributed by atoms with van der Waals surface area (Å²) in [6, 6.07) is 0. The highest BCUT2D eigenvalue weighted by molar-refractivity contribution is 5.99. The van der Waals surface area contributed by atoms with Crippen molar-refractivity contribution in [2.75, 3.05) is 0 Å². The van der Waals surface area contributed by atoms with Crippen molar-refractivity contribution in [3.05, 3.63) is 11.6 Å². The van der Waals surface area contributed by atoms with Crippen LogP contribution in [-0.4, -0.2) is 33.5 Å². The maximum atomic E-state index is 12.0. The fraction of sp³-hybridized carbons (Fsp3) is 0.733. The minimum atomic E-state index is -1.51. The molecule has 0 spiro atoms. The van der Waals surface area contributed by atoms with E-state index >= 15 is 0 Å². The number of aliphatic hydroxyl groups is 2. The van der Waals surface area contributed by atoms with Crippen molar-refractivity contribution >= 4 is 11.6 Å². The van der Waals surface area contributed by atoms with Crippen LogP contribution in [0.5, 0.6) is 0 Å². The molecule has 1 saturated carbocycles. The SMILES string of the molecule is CC1(C)C(=O)CC[C@]1(C)C1=CC(=O)[C@@](C)(O)C[C@@H]1O. The zero-order chi connectivity index (χ0) is 14.6. The molecule has 2 rings (SSSR count). The molecule has 4 nitrogen and oxygen atoms in total. The van der Waals surface area contributed by atoms with E-state index in [1.807, 2.05) is 20.8 Å². The average Bonchev–Trinajstić information content (AvgIpc) is 2.48.